The van der Waals surface area contributed by atoms with Crippen LogP contribution in [0.5, 0.6) is 5.75 Å². The van der Waals surface area contributed by atoms with Crippen LogP contribution >= 0.6 is 0 Å². The fourth-order valence-electron chi connectivity index (χ4n) is 5.07. The molecule has 0 saturated carbocycles. The van der Waals surface area contributed by atoms with Crippen LogP contribution in [0.1, 0.15) is 46.1 Å². The Morgan fingerprint density at radius 2 is 1.42 bits per heavy atom. The summed E-state index contributed by atoms with van der Waals surface area (Å²) in [7, 11) is 0. The van der Waals surface area contributed by atoms with E-state index in [-0.39, 0.29) is 0 Å². The van der Waals surface area contributed by atoms with Gasteiger partial charge >= 0.3 is 0 Å². The lowest BCUT2D eigenvalue weighted by Gasteiger charge is -2.20. The van der Waals surface area contributed by atoms with Crippen LogP contribution in [0.4, 0.5) is 0 Å². The number of aryl methyl sites for hydroxylation is 1. The summed E-state index contributed by atoms with van der Waals surface area (Å²) in [4.78, 5) is 11.9. The quantitative estimate of drug-likeness (QED) is 0.303. The average Bonchev–Trinajstić information content (AvgIpc) is 3.45. The molecule has 0 amide bonds. The second-order valence-corrected chi connectivity index (χ2v) is 9.87. The molecule has 2 aromatic heterocycles. The number of hydrogen-bond donors (Lipinski definition) is 1. The molecule has 0 bridgehead atoms. The van der Waals surface area contributed by atoms with E-state index >= 15 is 0 Å². The van der Waals surface area contributed by atoms with Crippen LogP contribution in [0.3, 0.4) is 0 Å². The van der Waals surface area contributed by atoms with Gasteiger partial charge in [0.1, 0.15) is 5.75 Å². The van der Waals surface area contributed by atoms with E-state index in [4.69, 9.17) is 0 Å². The zero-order chi connectivity index (χ0) is 25.1. The van der Waals surface area contributed by atoms with Gasteiger partial charge in [0.15, 0.2) is 5.78 Å². The number of aromatic nitrogens is 2. The number of ketones is 1. The number of carbonyl (C=O) groups excluding carboxylic acids is 1. The second-order valence-electron chi connectivity index (χ2n) is 9.87. The Balaban J connectivity index is 0.000000148. The van der Waals surface area contributed by atoms with Gasteiger partial charge in [0.25, 0.3) is 0 Å². The van der Waals surface area contributed by atoms with Crippen molar-refractivity contribution < 1.29 is 9.90 Å². The van der Waals surface area contributed by atoms with Crippen LogP contribution in [0.25, 0.3) is 10.9 Å². The molecule has 1 aliphatic carbocycles. The largest absolute Gasteiger partial charge is 0.507 e. The topological polar surface area (TPSA) is 47.2 Å². The Hall–Kier alpha value is -4.05. The van der Waals surface area contributed by atoms with Gasteiger partial charge in [-0.1, -0.05) is 67.6 Å². The molecular weight excluding hydrogens is 444 g/mol. The average molecular weight is 477 g/mol. The zero-order valence-corrected chi connectivity index (χ0v) is 20.9. The van der Waals surface area contributed by atoms with E-state index < -0.39 is 0 Å². The third-order valence-corrected chi connectivity index (χ3v) is 6.86. The molecule has 2 heterocycles. The Bertz CT molecular complexity index is 1480. The number of fused-ring (bicyclic) bond motifs is 2. The maximum atomic E-state index is 11.9. The summed E-state index contributed by atoms with van der Waals surface area (Å²) in [6.45, 7) is 5.84. The van der Waals surface area contributed by atoms with Crippen LogP contribution in [0.15, 0.2) is 97.3 Å². The third kappa shape index (κ3) is 5.13. The van der Waals surface area contributed by atoms with Crippen molar-refractivity contribution in [2.45, 2.75) is 39.8 Å². The predicted molar refractivity (Wildman–Crippen MR) is 146 cm³/mol. The standard InChI is InChI=1S/C16H17NO.C16H15NO/c2*1-12-9-15-14(16(18)10-12)7-8-17(15)11-13-5-3-2-4-6-13/h2-8,12H,9-11H2,1H3;2-10,18H,11H2,1H3. The Morgan fingerprint density at radius 3 is 2.08 bits per heavy atom. The highest BCUT2D eigenvalue weighted by molar-refractivity contribution is 5.98. The SMILES string of the molecule is CC1CC(=O)c2ccn(Cc3ccccc3)c2C1.Cc1cc(O)c2ccn(Cc3ccccc3)c2c1. The molecule has 1 aliphatic rings. The molecule has 182 valence electrons. The smallest absolute Gasteiger partial charge is 0.164 e. The van der Waals surface area contributed by atoms with E-state index in [9.17, 15) is 9.90 Å². The first kappa shape index (κ1) is 23.7. The molecule has 0 fully saturated rings. The van der Waals surface area contributed by atoms with Crippen molar-refractivity contribution in [2.75, 3.05) is 0 Å². The molecule has 1 atom stereocenters. The normalized spacial score (nSPS) is 14.8. The van der Waals surface area contributed by atoms with Crippen molar-refractivity contribution in [3.05, 3.63) is 125 Å². The lowest BCUT2D eigenvalue weighted by atomic mass is 9.88. The number of aromatic hydroxyl groups is 1. The van der Waals surface area contributed by atoms with Gasteiger partial charge in [-0.15, -0.1) is 0 Å². The maximum absolute atomic E-state index is 11.9. The van der Waals surface area contributed by atoms with E-state index in [1.165, 1.54) is 16.8 Å². The summed E-state index contributed by atoms with van der Waals surface area (Å²) in [5.74, 6) is 1.13. The lowest BCUT2D eigenvalue weighted by Crippen LogP contribution is -2.19. The van der Waals surface area contributed by atoms with Gasteiger partial charge in [0, 0.05) is 48.5 Å². The number of phenols is 1. The maximum Gasteiger partial charge on any atom is 0.164 e. The minimum absolute atomic E-state index is 0.301. The summed E-state index contributed by atoms with van der Waals surface area (Å²) in [6.07, 6.45) is 5.79. The van der Waals surface area contributed by atoms with Gasteiger partial charge in [0.2, 0.25) is 0 Å². The lowest BCUT2D eigenvalue weighted by molar-refractivity contribution is 0.0952. The van der Waals surface area contributed by atoms with Crippen molar-refractivity contribution >= 4 is 16.7 Å². The van der Waals surface area contributed by atoms with Gasteiger partial charge < -0.3 is 14.2 Å². The molecule has 4 heteroatoms. The molecule has 1 unspecified atom stereocenters. The fourth-order valence-corrected chi connectivity index (χ4v) is 5.07. The minimum atomic E-state index is 0.301. The van der Waals surface area contributed by atoms with Crippen molar-refractivity contribution in [1.29, 1.82) is 0 Å². The van der Waals surface area contributed by atoms with Crippen LogP contribution in [0, 0.1) is 12.8 Å². The summed E-state index contributed by atoms with van der Waals surface area (Å²) >= 11 is 0. The first-order valence-electron chi connectivity index (χ1n) is 12.6. The van der Waals surface area contributed by atoms with Gasteiger partial charge in [0.05, 0.1) is 5.52 Å². The Morgan fingerprint density at radius 1 is 0.806 bits per heavy atom. The number of hydrogen-bond acceptors (Lipinski definition) is 2. The third-order valence-electron chi connectivity index (χ3n) is 6.86. The predicted octanol–water partition coefficient (Wildman–Crippen LogP) is 7.01. The molecule has 3 aromatic carbocycles. The minimum Gasteiger partial charge on any atom is -0.507 e. The molecule has 0 saturated heterocycles. The van der Waals surface area contributed by atoms with E-state index in [1.54, 1.807) is 6.07 Å². The molecule has 1 N–H and O–H groups in total. The van der Waals surface area contributed by atoms with Crippen LogP contribution in [-0.2, 0) is 19.5 Å². The highest BCUT2D eigenvalue weighted by Gasteiger charge is 2.25. The molecule has 6 rings (SSSR count). The molecule has 0 aliphatic heterocycles. The molecular formula is C32H32N2O2. The van der Waals surface area contributed by atoms with Crippen LogP contribution in [-0.4, -0.2) is 20.0 Å². The number of rotatable bonds is 4. The van der Waals surface area contributed by atoms with Gasteiger partial charge in [-0.05, 0) is 60.2 Å². The molecule has 5 aromatic rings. The number of nitrogens with zero attached hydrogens (tertiary/aromatic N) is 2. The summed E-state index contributed by atoms with van der Waals surface area (Å²) in [5.41, 5.74) is 6.84. The Kier molecular flexibility index (Phi) is 6.77. The van der Waals surface area contributed by atoms with Gasteiger partial charge in [-0.25, -0.2) is 0 Å². The van der Waals surface area contributed by atoms with Crippen molar-refractivity contribution in [3.8, 4) is 5.75 Å². The number of carbonyl (C=O) groups is 1. The fraction of sp³-hybridized carbons (Fsp3) is 0.219. The summed E-state index contributed by atoms with van der Waals surface area (Å²) in [5, 5.41) is 10.8. The van der Waals surface area contributed by atoms with E-state index in [0.717, 1.165) is 41.5 Å². The highest BCUT2D eigenvalue weighted by Crippen LogP contribution is 2.28. The molecule has 0 spiro atoms. The summed E-state index contributed by atoms with van der Waals surface area (Å²) in [6, 6.07) is 28.6. The number of phenolic OH excluding ortho intramolecular Hbond substituents is 1. The van der Waals surface area contributed by atoms with Gasteiger partial charge in [-0.3, -0.25) is 4.79 Å². The van der Waals surface area contributed by atoms with Gasteiger partial charge in [-0.2, -0.15) is 0 Å². The summed E-state index contributed by atoms with van der Waals surface area (Å²) < 4.78 is 4.38. The van der Waals surface area contributed by atoms with Crippen molar-refractivity contribution in [1.82, 2.24) is 9.13 Å². The van der Waals surface area contributed by atoms with Crippen molar-refractivity contribution in [3.63, 3.8) is 0 Å². The first-order valence-corrected chi connectivity index (χ1v) is 12.6. The molecule has 0 radical (unpaired) electrons. The van der Waals surface area contributed by atoms with E-state index in [2.05, 4.69) is 58.5 Å². The monoisotopic (exact) mass is 476 g/mol. The Labute approximate surface area is 212 Å². The van der Waals surface area contributed by atoms with Crippen LogP contribution < -0.4 is 0 Å². The van der Waals surface area contributed by atoms with Crippen LogP contribution in [0.2, 0.25) is 0 Å². The first-order chi connectivity index (χ1) is 17.5. The molecule has 4 nitrogen and oxygen atoms in total. The van der Waals surface area contributed by atoms with E-state index in [1.807, 2.05) is 55.7 Å². The van der Waals surface area contributed by atoms with Crippen molar-refractivity contribution in [2.24, 2.45) is 5.92 Å². The number of Topliss-reactive ketones (excluding diaryl/α,β-unsaturated/α-hetero) is 1. The van der Waals surface area contributed by atoms with E-state index in [0.29, 0.717) is 23.9 Å². The highest BCUT2D eigenvalue weighted by atomic mass is 16.3. The zero-order valence-electron chi connectivity index (χ0n) is 20.9. The molecule has 36 heavy (non-hydrogen) atoms. The number of benzene rings is 3. The second kappa shape index (κ2) is 10.3.